The second-order valence-electron chi connectivity index (χ2n) is 5.65. The summed E-state index contributed by atoms with van der Waals surface area (Å²) in [6, 6.07) is 6.18. The number of hydrogen-bond donors (Lipinski definition) is 2. The van der Waals surface area contributed by atoms with Gasteiger partial charge in [0.2, 0.25) is 5.89 Å². The molecule has 1 aromatic heterocycles. The van der Waals surface area contributed by atoms with Crippen molar-refractivity contribution < 1.29 is 13.9 Å². The van der Waals surface area contributed by atoms with E-state index >= 15 is 0 Å². The SMILES string of the molecule is OCC1(NCc2coc(-c3cccc(F)c3)n2)CCCC1. The Morgan fingerprint density at radius 3 is 2.86 bits per heavy atom. The maximum Gasteiger partial charge on any atom is 0.226 e. The van der Waals surface area contributed by atoms with Crippen LogP contribution in [0.5, 0.6) is 0 Å². The van der Waals surface area contributed by atoms with Crippen LogP contribution < -0.4 is 5.32 Å². The first kappa shape index (κ1) is 14.2. The molecule has 4 nitrogen and oxygen atoms in total. The summed E-state index contributed by atoms with van der Waals surface area (Å²) >= 11 is 0. The van der Waals surface area contributed by atoms with Crippen LogP contribution in [0, 0.1) is 5.82 Å². The lowest BCUT2D eigenvalue weighted by Crippen LogP contribution is -2.45. The van der Waals surface area contributed by atoms with Crippen molar-refractivity contribution in [2.75, 3.05) is 6.61 Å². The van der Waals surface area contributed by atoms with Gasteiger partial charge in [-0.3, -0.25) is 0 Å². The number of oxazole rings is 1. The number of aliphatic hydroxyl groups is 1. The lowest BCUT2D eigenvalue weighted by molar-refractivity contribution is 0.162. The number of nitrogens with zero attached hydrogens (tertiary/aromatic N) is 1. The summed E-state index contributed by atoms with van der Waals surface area (Å²) < 4.78 is 18.6. The fourth-order valence-electron chi connectivity index (χ4n) is 2.86. The Bertz CT molecular complexity index is 606. The van der Waals surface area contributed by atoms with E-state index in [0.29, 0.717) is 18.0 Å². The molecule has 0 amide bonds. The van der Waals surface area contributed by atoms with Crippen LogP contribution in [0.3, 0.4) is 0 Å². The van der Waals surface area contributed by atoms with Gasteiger partial charge in [0.1, 0.15) is 12.1 Å². The highest BCUT2D eigenvalue weighted by Gasteiger charge is 2.32. The third kappa shape index (κ3) is 3.14. The Labute approximate surface area is 123 Å². The molecular weight excluding hydrogens is 271 g/mol. The molecule has 3 rings (SSSR count). The Hall–Kier alpha value is -1.72. The maximum atomic E-state index is 13.2. The summed E-state index contributed by atoms with van der Waals surface area (Å²) in [5.74, 6) is 0.103. The van der Waals surface area contributed by atoms with Gasteiger partial charge in [-0.15, -0.1) is 0 Å². The zero-order chi connectivity index (χ0) is 14.7. The topological polar surface area (TPSA) is 58.3 Å². The minimum absolute atomic E-state index is 0.140. The van der Waals surface area contributed by atoms with E-state index in [1.165, 1.54) is 12.1 Å². The van der Waals surface area contributed by atoms with Gasteiger partial charge in [-0.25, -0.2) is 9.37 Å². The second kappa shape index (κ2) is 5.95. The molecule has 2 N–H and O–H groups in total. The number of benzene rings is 1. The van der Waals surface area contributed by atoms with Crippen molar-refractivity contribution in [2.24, 2.45) is 0 Å². The molecule has 21 heavy (non-hydrogen) atoms. The highest BCUT2D eigenvalue weighted by atomic mass is 19.1. The van der Waals surface area contributed by atoms with E-state index in [2.05, 4.69) is 10.3 Å². The van der Waals surface area contributed by atoms with Gasteiger partial charge in [0.15, 0.2) is 0 Å². The number of halogens is 1. The lowest BCUT2D eigenvalue weighted by atomic mass is 9.99. The number of nitrogens with one attached hydrogen (secondary N) is 1. The van der Waals surface area contributed by atoms with Crippen LogP contribution >= 0.6 is 0 Å². The van der Waals surface area contributed by atoms with Gasteiger partial charge >= 0.3 is 0 Å². The fourth-order valence-corrected chi connectivity index (χ4v) is 2.86. The summed E-state index contributed by atoms with van der Waals surface area (Å²) in [5, 5.41) is 13.0. The molecule has 2 aromatic rings. The minimum Gasteiger partial charge on any atom is -0.444 e. The van der Waals surface area contributed by atoms with Gasteiger partial charge in [-0.05, 0) is 31.0 Å². The third-order valence-corrected chi connectivity index (χ3v) is 4.13. The van der Waals surface area contributed by atoms with Crippen molar-refractivity contribution in [3.63, 3.8) is 0 Å². The lowest BCUT2D eigenvalue weighted by Gasteiger charge is -2.27. The molecule has 1 aliphatic carbocycles. The van der Waals surface area contributed by atoms with Gasteiger partial charge in [0, 0.05) is 17.6 Å². The van der Waals surface area contributed by atoms with Crippen LogP contribution in [-0.4, -0.2) is 22.2 Å². The predicted octanol–water partition coefficient (Wildman–Crippen LogP) is 2.88. The molecule has 1 aromatic carbocycles. The van der Waals surface area contributed by atoms with Crippen LogP contribution in [0.15, 0.2) is 34.9 Å². The van der Waals surface area contributed by atoms with Crippen molar-refractivity contribution in [1.29, 1.82) is 0 Å². The highest BCUT2D eigenvalue weighted by molar-refractivity contribution is 5.52. The molecule has 1 saturated carbocycles. The molecule has 0 aliphatic heterocycles. The molecule has 0 spiro atoms. The third-order valence-electron chi connectivity index (χ3n) is 4.13. The second-order valence-corrected chi connectivity index (χ2v) is 5.65. The Balaban J connectivity index is 1.68. The number of aromatic nitrogens is 1. The molecular formula is C16H19FN2O2. The smallest absolute Gasteiger partial charge is 0.226 e. The molecule has 0 saturated heterocycles. The summed E-state index contributed by atoms with van der Waals surface area (Å²) in [6.07, 6.45) is 5.82. The molecule has 1 fully saturated rings. The summed E-state index contributed by atoms with van der Waals surface area (Å²) in [4.78, 5) is 4.37. The molecule has 1 heterocycles. The van der Waals surface area contributed by atoms with E-state index in [0.717, 1.165) is 31.4 Å². The van der Waals surface area contributed by atoms with Crippen LogP contribution in [-0.2, 0) is 6.54 Å². The molecule has 1 aliphatic rings. The molecule has 0 radical (unpaired) electrons. The zero-order valence-electron chi connectivity index (χ0n) is 11.8. The average Bonchev–Trinajstić information content (AvgIpc) is 3.15. The number of aliphatic hydroxyl groups excluding tert-OH is 1. The van der Waals surface area contributed by atoms with Crippen LogP contribution in [0.4, 0.5) is 4.39 Å². The van der Waals surface area contributed by atoms with E-state index in [9.17, 15) is 9.50 Å². The summed E-state index contributed by atoms with van der Waals surface area (Å²) in [7, 11) is 0. The molecule has 0 atom stereocenters. The first-order valence-corrected chi connectivity index (χ1v) is 7.27. The maximum absolute atomic E-state index is 13.2. The predicted molar refractivity (Wildman–Crippen MR) is 77.0 cm³/mol. The van der Waals surface area contributed by atoms with Gasteiger partial charge in [0.25, 0.3) is 0 Å². The van der Waals surface area contributed by atoms with Gasteiger partial charge in [-0.1, -0.05) is 18.9 Å². The molecule has 112 valence electrons. The van der Waals surface area contributed by atoms with Gasteiger partial charge in [-0.2, -0.15) is 0 Å². The van der Waals surface area contributed by atoms with Crippen molar-refractivity contribution in [3.05, 3.63) is 42.0 Å². The van der Waals surface area contributed by atoms with E-state index in [1.807, 2.05) is 0 Å². The zero-order valence-corrected chi connectivity index (χ0v) is 11.8. The van der Waals surface area contributed by atoms with Crippen LogP contribution in [0.1, 0.15) is 31.4 Å². The van der Waals surface area contributed by atoms with E-state index in [-0.39, 0.29) is 18.0 Å². The molecule has 5 heteroatoms. The molecule has 0 bridgehead atoms. The summed E-state index contributed by atoms with van der Waals surface area (Å²) in [6.45, 7) is 0.682. The van der Waals surface area contributed by atoms with Gasteiger partial charge in [0.05, 0.1) is 12.3 Å². The van der Waals surface area contributed by atoms with Crippen LogP contribution in [0.2, 0.25) is 0 Å². The van der Waals surface area contributed by atoms with Crippen molar-refractivity contribution in [3.8, 4) is 11.5 Å². The standard InChI is InChI=1S/C16H19FN2O2/c17-13-5-3-4-12(8-13)15-19-14(10-21-15)9-18-16(11-20)6-1-2-7-16/h3-5,8,10,18,20H,1-2,6-7,9,11H2. The molecule has 0 unspecified atom stereocenters. The quantitative estimate of drug-likeness (QED) is 0.889. The Morgan fingerprint density at radius 2 is 2.14 bits per heavy atom. The van der Waals surface area contributed by atoms with E-state index in [4.69, 9.17) is 4.42 Å². The Kier molecular flexibility index (Phi) is 4.03. The monoisotopic (exact) mass is 290 g/mol. The van der Waals surface area contributed by atoms with E-state index in [1.54, 1.807) is 18.4 Å². The fraction of sp³-hybridized carbons (Fsp3) is 0.438. The Morgan fingerprint density at radius 1 is 1.33 bits per heavy atom. The highest BCUT2D eigenvalue weighted by Crippen LogP contribution is 2.29. The van der Waals surface area contributed by atoms with Gasteiger partial charge < -0.3 is 14.8 Å². The largest absolute Gasteiger partial charge is 0.444 e. The van der Waals surface area contributed by atoms with Crippen LogP contribution in [0.25, 0.3) is 11.5 Å². The number of rotatable bonds is 5. The number of hydrogen-bond acceptors (Lipinski definition) is 4. The minimum atomic E-state index is -0.310. The van der Waals surface area contributed by atoms with E-state index < -0.39 is 0 Å². The normalized spacial score (nSPS) is 17.2. The van der Waals surface area contributed by atoms with Crippen molar-refractivity contribution in [2.45, 2.75) is 37.8 Å². The first-order valence-electron chi connectivity index (χ1n) is 7.27. The average molecular weight is 290 g/mol. The van der Waals surface area contributed by atoms with Crippen molar-refractivity contribution in [1.82, 2.24) is 10.3 Å². The summed E-state index contributed by atoms with van der Waals surface area (Å²) in [5.41, 5.74) is 1.20. The van der Waals surface area contributed by atoms with Crippen molar-refractivity contribution >= 4 is 0 Å². The first-order chi connectivity index (χ1) is 10.2.